The van der Waals surface area contributed by atoms with E-state index in [1.165, 1.54) is 13.8 Å². The van der Waals surface area contributed by atoms with Crippen molar-refractivity contribution in [1.82, 2.24) is 0 Å². The van der Waals surface area contributed by atoms with Gasteiger partial charge in [-0.1, -0.05) is 15.9 Å². The zero-order valence-electron chi connectivity index (χ0n) is 12.2. The first kappa shape index (κ1) is 16.6. The van der Waals surface area contributed by atoms with Gasteiger partial charge in [-0.05, 0) is 26.0 Å². The molecule has 1 aliphatic heterocycles. The zero-order valence-corrected chi connectivity index (χ0v) is 14.6. The van der Waals surface area contributed by atoms with Crippen LogP contribution in [0.15, 0.2) is 16.6 Å². The molecule has 0 radical (unpaired) electrons. The maximum atomic E-state index is 11.9. The second-order valence-corrected chi connectivity index (χ2v) is 9.10. The van der Waals surface area contributed by atoms with E-state index in [2.05, 4.69) is 15.9 Å². The van der Waals surface area contributed by atoms with Gasteiger partial charge in [0.05, 0.1) is 24.1 Å². The Balaban J connectivity index is 2.47. The molecule has 1 heterocycles. The summed E-state index contributed by atoms with van der Waals surface area (Å²) >= 11 is 3.37. The number of sulfone groups is 1. The molecule has 1 atom stereocenters. The summed E-state index contributed by atoms with van der Waals surface area (Å²) in [6, 6.07) is 3.35. The van der Waals surface area contributed by atoms with Crippen LogP contribution >= 0.6 is 15.9 Å². The van der Waals surface area contributed by atoms with Crippen LogP contribution in [0.3, 0.4) is 0 Å². The van der Waals surface area contributed by atoms with Crippen molar-refractivity contribution in [1.29, 1.82) is 0 Å². The van der Waals surface area contributed by atoms with Crippen LogP contribution in [0.1, 0.15) is 31.9 Å². The number of rotatable bonds is 3. The van der Waals surface area contributed by atoms with Crippen LogP contribution in [-0.4, -0.2) is 37.7 Å². The van der Waals surface area contributed by atoms with E-state index >= 15 is 0 Å². The number of fused-ring (bicyclic) bond motifs is 1. The van der Waals surface area contributed by atoms with Gasteiger partial charge in [-0.3, -0.25) is 0 Å². The molecular weight excluding hydrogens is 360 g/mol. The minimum absolute atomic E-state index is 0.467. The van der Waals surface area contributed by atoms with Crippen molar-refractivity contribution in [2.75, 3.05) is 19.5 Å². The molecule has 1 aliphatic rings. The number of halogens is 1. The van der Waals surface area contributed by atoms with E-state index in [1.807, 2.05) is 0 Å². The number of hydrogen-bond acceptors (Lipinski definition) is 5. The normalized spacial score (nSPS) is 17.2. The van der Waals surface area contributed by atoms with Crippen molar-refractivity contribution in [2.24, 2.45) is 0 Å². The molecule has 0 saturated carbocycles. The van der Waals surface area contributed by atoms with E-state index in [4.69, 9.17) is 9.47 Å². The lowest BCUT2D eigenvalue weighted by Crippen LogP contribution is -2.38. The van der Waals surface area contributed by atoms with Crippen molar-refractivity contribution < 1.29 is 23.0 Å². The van der Waals surface area contributed by atoms with Crippen molar-refractivity contribution in [2.45, 2.75) is 31.1 Å². The summed E-state index contributed by atoms with van der Waals surface area (Å²) in [5.41, 5.74) is 0.467. The summed E-state index contributed by atoms with van der Waals surface area (Å²) in [7, 11) is -3.44. The zero-order chi connectivity index (χ0) is 15.8. The van der Waals surface area contributed by atoms with E-state index in [9.17, 15) is 13.5 Å². The molecule has 21 heavy (non-hydrogen) atoms. The van der Waals surface area contributed by atoms with E-state index in [0.717, 1.165) is 12.7 Å². The van der Waals surface area contributed by atoms with E-state index in [0.29, 0.717) is 34.7 Å². The van der Waals surface area contributed by atoms with Crippen LogP contribution in [0.2, 0.25) is 0 Å². The molecular formula is C14H19BrO5S. The van der Waals surface area contributed by atoms with Gasteiger partial charge in [-0.15, -0.1) is 0 Å². The summed E-state index contributed by atoms with van der Waals surface area (Å²) in [6.07, 6.45) is 0.714. The number of ether oxygens (including phenoxy) is 2. The molecule has 5 nitrogen and oxygen atoms in total. The fraction of sp³-hybridized carbons (Fsp3) is 0.571. The molecule has 0 amide bonds. The van der Waals surface area contributed by atoms with Crippen LogP contribution < -0.4 is 9.47 Å². The Morgan fingerprint density at radius 1 is 1.24 bits per heavy atom. The van der Waals surface area contributed by atoms with E-state index < -0.39 is 20.7 Å². The van der Waals surface area contributed by atoms with E-state index in [1.54, 1.807) is 12.1 Å². The van der Waals surface area contributed by atoms with Gasteiger partial charge in [0.1, 0.15) is 0 Å². The molecule has 0 fully saturated rings. The predicted molar refractivity (Wildman–Crippen MR) is 83.6 cm³/mol. The standard InChI is InChI=1S/C14H19BrO5S/c1-14(2,21(3,17)18)13(16)9-7-11-12(8-10(9)15)20-6-4-5-19-11/h7-8,13,16H,4-6H2,1-3H3. The molecule has 1 aromatic carbocycles. The van der Waals surface area contributed by atoms with Gasteiger partial charge in [-0.25, -0.2) is 8.42 Å². The minimum atomic E-state index is -3.44. The summed E-state index contributed by atoms with van der Waals surface area (Å²) in [5.74, 6) is 1.11. The van der Waals surface area contributed by atoms with Crippen LogP contribution in [0.4, 0.5) is 0 Å². The van der Waals surface area contributed by atoms with Gasteiger partial charge in [0, 0.05) is 22.7 Å². The van der Waals surface area contributed by atoms with Crippen LogP contribution in [0.5, 0.6) is 11.5 Å². The Labute approximate surface area is 133 Å². The SMILES string of the molecule is CC(C)(C(O)c1cc2c(cc1Br)OCCCO2)S(C)(=O)=O. The first-order valence-electron chi connectivity index (χ1n) is 6.61. The van der Waals surface area contributed by atoms with Crippen molar-refractivity contribution in [3.8, 4) is 11.5 Å². The number of aliphatic hydroxyl groups excluding tert-OH is 1. The third-order valence-electron chi connectivity index (χ3n) is 3.78. The first-order chi connectivity index (χ1) is 9.64. The van der Waals surface area contributed by atoms with Gasteiger partial charge in [0.2, 0.25) is 0 Å². The van der Waals surface area contributed by atoms with Gasteiger partial charge in [-0.2, -0.15) is 0 Å². The highest BCUT2D eigenvalue weighted by Crippen LogP contribution is 2.41. The van der Waals surface area contributed by atoms with Crippen LogP contribution in [0.25, 0.3) is 0 Å². The average Bonchev–Trinajstić information content (AvgIpc) is 2.60. The predicted octanol–water partition coefficient (Wildman–Crippen LogP) is 2.47. The lowest BCUT2D eigenvalue weighted by atomic mass is 9.98. The monoisotopic (exact) mass is 378 g/mol. The van der Waals surface area contributed by atoms with Gasteiger partial charge in [0.25, 0.3) is 0 Å². The van der Waals surface area contributed by atoms with Crippen LogP contribution in [0, 0.1) is 0 Å². The number of benzene rings is 1. The molecule has 1 N–H and O–H groups in total. The lowest BCUT2D eigenvalue weighted by molar-refractivity contribution is 0.138. The Hall–Kier alpha value is -0.790. The number of hydrogen-bond donors (Lipinski definition) is 1. The fourth-order valence-electron chi connectivity index (χ4n) is 1.99. The molecule has 0 bridgehead atoms. The fourth-order valence-corrected chi connectivity index (χ4v) is 3.06. The second-order valence-electron chi connectivity index (χ2n) is 5.65. The average molecular weight is 379 g/mol. The number of aliphatic hydroxyl groups is 1. The molecule has 0 aromatic heterocycles. The summed E-state index contributed by atoms with van der Waals surface area (Å²) < 4.78 is 34.2. The molecule has 2 rings (SSSR count). The third-order valence-corrected chi connectivity index (χ3v) is 6.60. The Morgan fingerprint density at radius 3 is 2.29 bits per heavy atom. The third kappa shape index (κ3) is 3.19. The highest BCUT2D eigenvalue weighted by atomic mass is 79.9. The molecule has 0 saturated heterocycles. The van der Waals surface area contributed by atoms with Crippen molar-refractivity contribution in [3.05, 3.63) is 22.2 Å². The topological polar surface area (TPSA) is 72.8 Å². The maximum Gasteiger partial charge on any atom is 0.162 e. The molecule has 1 aromatic rings. The molecule has 0 spiro atoms. The quantitative estimate of drug-likeness (QED) is 0.874. The van der Waals surface area contributed by atoms with Crippen molar-refractivity contribution in [3.63, 3.8) is 0 Å². The minimum Gasteiger partial charge on any atom is -0.490 e. The highest BCUT2D eigenvalue weighted by Gasteiger charge is 2.40. The van der Waals surface area contributed by atoms with Gasteiger partial charge >= 0.3 is 0 Å². The summed E-state index contributed by atoms with van der Waals surface area (Å²) in [4.78, 5) is 0. The second kappa shape index (κ2) is 5.78. The molecule has 0 aliphatic carbocycles. The summed E-state index contributed by atoms with van der Waals surface area (Å²) in [6.45, 7) is 4.10. The molecule has 7 heteroatoms. The highest BCUT2D eigenvalue weighted by molar-refractivity contribution is 9.10. The van der Waals surface area contributed by atoms with Gasteiger partial charge < -0.3 is 14.6 Å². The first-order valence-corrected chi connectivity index (χ1v) is 9.29. The van der Waals surface area contributed by atoms with Crippen molar-refractivity contribution >= 4 is 25.8 Å². The Bertz CT molecular complexity index is 639. The van der Waals surface area contributed by atoms with Crippen LogP contribution in [-0.2, 0) is 9.84 Å². The Kier molecular flexibility index (Phi) is 4.56. The maximum absolute atomic E-state index is 11.9. The smallest absolute Gasteiger partial charge is 0.162 e. The summed E-state index contributed by atoms with van der Waals surface area (Å²) in [5, 5.41) is 10.5. The lowest BCUT2D eigenvalue weighted by Gasteiger charge is -2.30. The van der Waals surface area contributed by atoms with E-state index in [-0.39, 0.29) is 0 Å². The Morgan fingerprint density at radius 2 is 1.76 bits per heavy atom. The van der Waals surface area contributed by atoms with Gasteiger partial charge in [0.15, 0.2) is 21.3 Å². The molecule has 1 unspecified atom stereocenters. The largest absolute Gasteiger partial charge is 0.490 e. The molecule has 118 valence electrons.